The van der Waals surface area contributed by atoms with E-state index in [1.54, 1.807) is 12.1 Å². The third kappa shape index (κ3) is 8.54. The molecule has 0 saturated heterocycles. The van der Waals surface area contributed by atoms with Gasteiger partial charge in [-0.1, -0.05) is 19.9 Å². The van der Waals surface area contributed by atoms with Gasteiger partial charge in [0.2, 0.25) is 0 Å². The topological polar surface area (TPSA) is 86.2 Å². The normalized spacial score (nSPS) is 10.0. The summed E-state index contributed by atoms with van der Waals surface area (Å²) in [6.07, 6.45) is 0. The SMILES string of the molecule is Nc1ccccc1N.O=S(=O)(F)F. The molecule has 0 bridgehead atoms. The highest BCUT2D eigenvalue weighted by Crippen LogP contribution is 2.10. The van der Waals surface area contributed by atoms with Crippen molar-refractivity contribution in [3.05, 3.63) is 24.3 Å². The van der Waals surface area contributed by atoms with Gasteiger partial charge in [-0.05, 0) is 12.1 Å². The monoisotopic (exact) mass is 210 g/mol. The Morgan fingerprint density at radius 2 is 1.23 bits per heavy atom. The summed E-state index contributed by atoms with van der Waals surface area (Å²) in [6, 6.07) is 7.25. The Hall–Kier alpha value is -1.37. The van der Waals surface area contributed by atoms with Crippen molar-refractivity contribution in [3.8, 4) is 0 Å². The Labute approximate surface area is 74.7 Å². The van der Waals surface area contributed by atoms with Crippen LogP contribution in [0.2, 0.25) is 0 Å². The molecule has 0 amide bonds. The molecule has 0 radical (unpaired) electrons. The predicted molar refractivity (Wildman–Crippen MR) is 46.4 cm³/mol. The van der Waals surface area contributed by atoms with Gasteiger partial charge in [0.1, 0.15) is 0 Å². The number of nitrogen functional groups attached to an aromatic ring is 2. The number of hydrogen-bond donors (Lipinski definition) is 2. The van der Waals surface area contributed by atoms with Gasteiger partial charge in [0.05, 0.1) is 11.4 Å². The molecule has 0 aliphatic heterocycles. The second-order valence-electron chi connectivity index (χ2n) is 2.01. The molecule has 0 saturated carbocycles. The van der Waals surface area contributed by atoms with Crippen LogP contribution in [0.25, 0.3) is 0 Å². The fraction of sp³-hybridized carbons (Fsp3) is 0. The predicted octanol–water partition coefficient (Wildman–Crippen LogP) is 1.02. The molecule has 0 spiro atoms. The van der Waals surface area contributed by atoms with E-state index in [0.717, 1.165) is 0 Å². The van der Waals surface area contributed by atoms with E-state index in [4.69, 9.17) is 19.9 Å². The molecule has 0 atom stereocenters. The van der Waals surface area contributed by atoms with Gasteiger partial charge < -0.3 is 11.5 Å². The maximum atomic E-state index is 9.99. The molecule has 7 heteroatoms. The average molecular weight is 210 g/mol. The molecular formula is C6H8F2N2O2S. The first-order chi connectivity index (χ1) is 5.80. The van der Waals surface area contributed by atoms with Crippen LogP contribution in [-0.2, 0) is 10.6 Å². The first-order valence-electron chi connectivity index (χ1n) is 3.05. The van der Waals surface area contributed by atoms with Gasteiger partial charge in [-0.25, -0.2) is 0 Å². The zero-order chi connectivity index (χ0) is 10.5. The first-order valence-corrected chi connectivity index (χ1v) is 4.33. The highest BCUT2D eigenvalue weighted by molar-refractivity contribution is 7.81. The molecular weight excluding hydrogens is 202 g/mol. The van der Waals surface area contributed by atoms with Gasteiger partial charge in [0, 0.05) is 0 Å². The van der Waals surface area contributed by atoms with E-state index in [1.165, 1.54) is 0 Å². The van der Waals surface area contributed by atoms with Crippen molar-refractivity contribution >= 4 is 22.0 Å². The van der Waals surface area contributed by atoms with E-state index < -0.39 is 10.6 Å². The van der Waals surface area contributed by atoms with E-state index in [-0.39, 0.29) is 0 Å². The van der Waals surface area contributed by atoms with Gasteiger partial charge in [-0.2, -0.15) is 8.42 Å². The molecule has 4 N–H and O–H groups in total. The summed E-state index contributed by atoms with van der Waals surface area (Å²) in [5.74, 6) is 0. The summed E-state index contributed by atoms with van der Waals surface area (Å²) in [5.41, 5.74) is 12.1. The minimum absolute atomic E-state index is 0.646. The Kier molecular flexibility index (Phi) is 4.12. The van der Waals surface area contributed by atoms with Crippen molar-refractivity contribution in [1.82, 2.24) is 0 Å². The lowest BCUT2D eigenvalue weighted by molar-refractivity contribution is 0.501. The van der Waals surface area contributed by atoms with Crippen LogP contribution < -0.4 is 11.5 Å². The molecule has 1 rings (SSSR count). The van der Waals surface area contributed by atoms with Crippen molar-refractivity contribution in [2.24, 2.45) is 0 Å². The molecule has 0 aliphatic carbocycles. The van der Waals surface area contributed by atoms with Gasteiger partial charge in [-0.15, -0.1) is 0 Å². The summed E-state index contributed by atoms with van der Waals surface area (Å²) >= 11 is 0. The van der Waals surface area contributed by atoms with Crippen LogP contribution >= 0.6 is 0 Å². The molecule has 1 aromatic carbocycles. The molecule has 1 aromatic rings. The number of rotatable bonds is 0. The minimum atomic E-state index is -5.67. The van der Waals surface area contributed by atoms with E-state index in [0.29, 0.717) is 11.4 Å². The summed E-state index contributed by atoms with van der Waals surface area (Å²) in [7, 11) is -5.67. The van der Waals surface area contributed by atoms with Crippen molar-refractivity contribution in [1.29, 1.82) is 0 Å². The lowest BCUT2D eigenvalue weighted by Crippen LogP contribution is -1.91. The number of hydrogen-bond acceptors (Lipinski definition) is 4. The summed E-state index contributed by atoms with van der Waals surface area (Å²) in [4.78, 5) is 0. The maximum absolute atomic E-state index is 9.99. The lowest BCUT2D eigenvalue weighted by atomic mass is 10.3. The molecule has 0 aromatic heterocycles. The Morgan fingerprint density at radius 3 is 1.38 bits per heavy atom. The van der Waals surface area contributed by atoms with E-state index >= 15 is 0 Å². The number of halogens is 2. The van der Waals surface area contributed by atoms with Crippen LogP contribution in [0.3, 0.4) is 0 Å². The van der Waals surface area contributed by atoms with Crippen LogP contribution in [0.15, 0.2) is 24.3 Å². The van der Waals surface area contributed by atoms with E-state index in [9.17, 15) is 7.77 Å². The average Bonchev–Trinajstić information content (AvgIpc) is 1.92. The third-order valence-corrected chi connectivity index (χ3v) is 0.996. The number of benzene rings is 1. The lowest BCUT2D eigenvalue weighted by Gasteiger charge is -1.94. The summed E-state index contributed by atoms with van der Waals surface area (Å²) < 4.78 is 36.6. The van der Waals surface area contributed by atoms with Crippen LogP contribution in [0.1, 0.15) is 0 Å². The minimum Gasteiger partial charge on any atom is -0.397 e. The number of nitrogens with two attached hydrogens (primary N) is 2. The zero-order valence-electron chi connectivity index (χ0n) is 6.44. The summed E-state index contributed by atoms with van der Waals surface area (Å²) in [6.45, 7) is 0. The zero-order valence-corrected chi connectivity index (χ0v) is 7.26. The molecule has 0 aliphatic rings. The quantitative estimate of drug-likeness (QED) is 0.494. The van der Waals surface area contributed by atoms with Crippen LogP contribution in [0.4, 0.5) is 19.1 Å². The largest absolute Gasteiger partial charge is 0.476 e. The fourth-order valence-electron chi connectivity index (χ4n) is 0.511. The molecule has 0 fully saturated rings. The number of para-hydroxylation sites is 2. The highest BCUT2D eigenvalue weighted by atomic mass is 32.3. The van der Waals surface area contributed by atoms with Crippen LogP contribution in [0, 0.1) is 0 Å². The molecule has 0 unspecified atom stereocenters. The third-order valence-electron chi connectivity index (χ3n) is 0.996. The maximum Gasteiger partial charge on any atom is 0.476 e. The first kappa shape index (κ1) is 11.6. The second-order valence-corrected chi connectivity index (χ2v) is 2.76. The summed E-state index contributed by atoms with van der Waals surface area (Å²) in [5, 5.41) is 0. The van der Waals surface area contributed by atoms with Crippen molar-refractivity contribution < 1.29 is 16.2 Å². The van der Waals surface area contributed by atoms with Gasteiger partial charge in [0.15, 0.2) is 0 Å². The van der Waals surface area contributed by atoms with E-state index in [2.05, 4.69) is 0 Å². The van der Waals surface area contributed by atoms with Gasteiger partial charge >= 0.3 is 10.6 Å². The molecule has 4 nitrogen and oxygen atoms in total. The van der Waals surface area contributed by atoms with Crippen molar-refractivity contribution in [3.63, 3.8) is 0 Å². The Bertz CT molecular complexity index is 338. The van der Waals surface area contributed by atoms with Crippen LogP contribution in [-0.4, -0.2) is 8.42 Å². The molecule has 0 heterocycles. The fourth-order valence-corrected chi connectivity index (χ4v) is 0.511. The molecule has 13 heavy (non-hydrogen) atoms. The Morgan fingerprint density at radius 1 is 1.00 bits per heavy atom. The van der Waals surface area contributed by atoms with Gasteiger partial charge in [-0.3, -0.25) is 0 Å². The van der Waals surface area contributed by atoms with Gasteiger partial charge in [0.25, 0.3) is 0 Å². The second kappa shape index (κ2) is 4.61. The van der Waals surface area contributed by atoms with Crippen molar-refractivity contribution in [2.75, 3.05) is 11.5 Å². The smallest absolute Gasteiger partial charge is 0.397 e. The standard InChI is InChI=1S/C6H8N2.F2O2S/c7-5-3-1-2-4-6(5)8;1-5(2,3)4/h1-4H,7-8H2;. The highest BCUT2D eigenvalue weighted by Gasteiger charge is 1.94. The van der Waals surface area contributed by atoms with E-state index in [1.807, 2.05) is 12.1 Å². The van der Waals surface area contributed by atoms with Crippen molar-refractivity contribution in [2.45, 2.75) is 0 Å². The van der Waals surface area contributed by atoms with Crippen LogP contribution in [0.5, 0.6) is 0 Å². The molecule has 74 valence electrons. The number of anilines is 2. The Balaban J connectivity index is 0.000000252.